The molecule has 1 aromatic heterocycles. The van der Waals surface area contributed by atoms with E-state index in [4.69, 9.17) is 0 Å². The summed E-state index contributed by atoms with van der Waals surface area (Å²) in [7, 11) is 0. The van der Waals surface area contributed by atoms with Crippen LogP contribution in [0.4, 0.5) is 0 Å². The predicted molar refractivity (Wildman–Crippen MR) is 280 cm³/mol. The lowest BCUT2D eigenvalue weighted by Gasteiger charge is -2.20. The van der Waals surface area contributed by atoms with E-state index in [1.807, 2.05) is 0 Å². The highest BCUT2D eigenvalue weighted by atomic mass is 15.0. The maximum Gasteiger partial charge on any atom is 0.0548 e. The van der Waals surface area contributed by atoms with E-state index in [1.54, 1.807) is 0 Å². The Morgan fingerprint density at radius 2 is 0.754 bits per heavy atom. The summed E-state index contributed by atoms with van der Waals surface area (Å²) in [5.41, 5.74) is 11.0. The van der Waals surface area contributed by atoms with Gasteiger partial charge < -0.3 is 4.57 Å². The monoisotopic (exact) mass is 821 g/mol. The minimum atomic E-state index is 1.18. The van der Waals surface area contributed by atoms with Crippen molar-refractivity contribution in [2.24, 2.45) is 0 Å². The number of hydrogen-bond acceptors (Lipinski definition) is 0. The topological polar surface area (TPSA) is 4.93 Å². The van der Waals surface area contributed by atoms with Crippen molar-refractivity contribution in [1.82, 2.24) is 4.57 Å². The molecule has 65 heavy (non-hydrogen) atoms. The quantitative estimate of drug-likeness (QED) is 0.156. The van der Waals surface area contributed by atoms with Gasteiger partial charge in [-0.3, -0.25) is 0 Å². The molecule has 0 aliphatic carbocycles. The number of fused-ring (bicyclic) bond motifs is 12. The second-order valence-corrected chi connectivity index (χ2v) is 17.5. The molecular weight excluding hydrogens is 783 g/mol. The number of nitrogens with zero attached hydrogens (tertiary/aromatic N) is 1. The maximum absolute atomic E-state index is 2.52. The lowest BCUT2D eigenvalue weighted by Crippen LogP contribution is -1.97. The zero-order chi connectivity index (χ0) is 42.6. The molecule has 13 aromatic carbocycles. The third kappa shape index (κ3) is 5.33. The molecule has 0 radical (unpaired) electrons. The van der Waals surface area contributed by atoms with Crippen molar-refractivity contribution in [3.05, 3.63) is 237 Å². The van der Waals surface area contributed by atoms with Gasteiger partial charge in [0.2, 0.25) is 0 Å². The molecule has 14 aromatic rings. The summed E-state index contributed by atoms with van der Waals surface area (Å²) < 4.78 is 2.52. The summed E-state index contributed by atoms with van der Waals surface area (Å²) in [5, 5.41) is 20.1. The molecule has 0 spiro atoms. The molecule has 0 fully saturated rings. The van der Waals surface area contributed by atoms with Crippen molar-refractivity contribution in [1.29, 1.82) is 0 Å². The Labute approximate surface area is 375 Å². The van der Waals surface area contributed by atoms with Gasteiger partial charge in [-0.25, -0.2) is 0 Å². The van der Waals surface area contributed by atoms with Crippen LogP contribution in [0.2, 0.25) is 0 Å². The predicted octanol–water partition coefficient (Wildman–Crippen LogP) is 17.9. The first-order chi connectivity index (χ1) is 32.3. The van der Waals surface area contributed by atoms with Crippen LogP contribution in [0.25, 0.3) is 136 Å². The fraction of sp³-hybridized carbons (Fsp3) is 0. The third-order valence-corrected chi connectivity index (χ3v) is 14.1. The molecule has 0 saturated carbocycles. The van der Waals surface area contributed by atoms with Gasteiger partial charge in [0.05, 0.1) is 16.7 Å². The maximum atomic E-state index is 2.52. The van der Waals surface area contributed by atoms with Crippen LogP contribution in [0.3, 0.4) is 0 Å². The Morgan fingerprint density at radius 3 is 1.48 bits per heavy atom. The Morgan fingerprint density at radius 1 is 0.231 bits per heavy atom. The van der Waals surface area contributed by atoms with Crippen molar-refractivity contribution >= 4 is 97.2 Å². The summed E-state index contributed by atoms with van der Waals surface area (Å²) in [6, 6.07) is 88.0. The highest BCUT2D eigenvalue weighted by molar-refractivity contribution is 6.29. The van der Waals surface area contributed by atoms with E-state index in [-0.39, 0.29) is 0 Å². The van der Waals surface area contributed by atoms with Gasteiger partial charge >= 0.3 is 0 Å². The van der Waals surface area contributed by atoms with Crippen molar-refractivity contribution < 1.29 is 0 Å². The zero-order valence-corrected chi connectivity index (χ0v) is 35.5. The number of benzene rings is 13. The molecule has 1 nitrogen and oxygen atoms in total. The molecule has 0 N–H and O–H groups in total. The van der Waals surface area contributed by atoms with Gasteiger partial charge in [0.15, 0.2) is 0 Å². The van der Waals surface area contributed by atoms with E-state index in [1.165, 1.54) is 136 Å². The van der Waals surface area contributed by atoms with Crippen molar-refractivity contribution in [3.63, 3.8) is 0 Å². The van der Waals surface area contributed by atoms with Crippen LogP contribution in [0.15, 0.2) is 237 Å². The fourth-order valence-corrected chi connectivity index (χ4v) is 11.3. The summed E-state index contributed by atoms with van der Waals surface area (Å²) >= 11 is 0. The van der Waals surface area contributed by atoms with Gasteiger partial charge in [-0.15, -0.1) is 0 Å². The highest BCUT2D eigenvalue weighted by Crippen LogP contribution is 2.48. The standard InChI is InChI=1S/C64H39N/c1-2-17-42(18-3-1)61-53-24-10-11-25-54(53)62(55-34-31-46(39-57(55)61)47-26-12-21-45-37-43-19-4-5-20-44(43)38-56(45)47)52-29-13-28-51-50(52)27-14-30-58(51)65-59-35-32-40-15-6-8-22-48(40)63(59)64-49-23-9-7-16-41(49)33-36-60(64)65/h1-39H. The van der Waals surface area contributed by atoms with E-state index in [0.717, 1.165) is 0 Å². The van der Waals surface area contributed by atoms with Crippen LogP contribution in [0.5, 0.6) is 0 Å². The SMILES string of the molecule is c1ccc(-c2c3ccccc3c(-c3cccc4c(-n5c6ccc7ccccc7c6c6c7ccccc7ccc65)cccc34)c3ccc(-c4cccc5cc6ccccc6cc45)cc23)cc1. The Balaban J connectivity index is 1.07. The number of aromatic nitrogens is 1. The van der Waals surface area contributed by atoms with Crippen molar-refractivity contribution in [2.75, 3.05) is 0 Å². The lowest BCUT2D eigenvalue weighted by atomic mass is 9.83. The number of rotatable bonds is 4. The molecule has 0 aliphatic heterocycles. The van der Waals surface area contributed by atoms with E-state index >= 15 is 0 Å². The molecule has 0 aliphatic rings. The van der Waals surface area contributed by atoms with Gasteiger partial charge in [-0.2, -0.15) is 0 Å². The van der Waals surface area contributed by atoms with Crippen LogP contribution < -0.4 is 0 Å². The molecule has 14 rings (SSSR count). The highest BCUT2D eigenvalue weighted by Gasteiger charge is 2.22. The van der Waals surface area contributed by atoms with Crippen LogP contribution in [0, 0.1) is 0 Å². The molecule has 0 amide bonds. The van der Waals surface area contributed by atoms with Gasteiger partial charge in [0.1, 0.15) is 0 Å². The van der Waals surface area contributed by atoms with E-state index in [0.29, 0.717) is 0 Å². The van der Waals surface area contributed by atoms with Crippen molar-refractivity contribution in [3.8, 4) is 39.1 Å². The smallest absolute Gasteiger partial charge is 0.0548 e. The van der Waals surface area contributed by atoms with Crippen LogP contribution >= 0.6 is 0 Å². The average molecular weight is 822 g/mol. The van der Waals surface area contributed by atoms with E-state index < -0.39 is 0 Å². The Bertz CT molecular complexity index is 4190. The summed E-state index contributed by atoms with van der Waals surface area (Å²) in [5.74, 6) is 0. The van der Waals surface area contributed by atoms with Crippen LogP contribution in [-0.2, 0) is 0 Å². The van der Waals surface area contributed by atoms with Gasteiger partial charge in [0.25, 0.3) is 0 Å². The second kappa shape index (κ2) is 14.0. The van der Waals surface area contributed by atoms with Gasteiger partial charge in [-0.05, 0) is 140 Å². The summed E-state index contributed by atoms with van der Waals surface area (Å²) in [4.78, 5) is 0. The minimum absolute atomic E-state index is 1.18. The summed E-state index contributed by atoms with van der Waals surface area (Å²) in [6.07, 6.45) is 0. The molecular formula is C64H39N. The molecule has 300 valence electrons. The minimum Gasteiger partial charge on any atom is -0.309 e. The lowest BCUT2D eigenvalue weighted by molar-refractivity contribution is 1.20. The molecule has 0 saturated heterocycles. The van der Waals surface area contributed by atoms with Gasteiger partial charge in [-0.1, -0.05) is 200 Å². The molecule has 0 bridgehead atoms. The van der Waals surface area contributed by atoms with E-state index in [2.05, 4.69) is 241 Å². The molecule has 1 heterocycles. The van der Waals surface area contributed by atoms with Crippen LogP contribution in [-0.4, -0.2) is 4.57 Å². The largest absolute Gasteiger partial charge is 0.309 e. The first-order valence-electron chi connectivity index (χ1n) is 22.6. The average Bonchev–Trinajstić information content (AvgIpc) is 3.72. The molecule has 1 heteroatoms. The number of hydrogen-bond donors (Lipinski definition) is 0. The van der Waals surface area contributed by atoms with E-state index in [9.17, 15) is 0 Å². The second-order valence-electron chi connectivity index (χ2n) is 17.5. The Hall–Kier alpha value is -8.52. The molecule has 0 unspecified atom stereocenters. The van der Waals surface area contributed by atoms with Gasteiger partial charge in [0, 0.05) is 16.2 Å². The van der Waals surface area contributed by atoms with Crippen molar-refractivity contribution in [2.45, 2.75) is 0 Å². The van der Waals surface area contributed by atoms with Crippen LogP contribution in [0.1, 0.15) is 0 Å². The fourth-order valence-electron chi connectivity index (χ4n) is 11.3. The first-order valence-corrected chi connectivity index (χ1v) is 22.6. The third-order valence-electron chi connectivity index (χ3n) is 14.1. The Kier molecular flexibility index (Phi) is 7.75. The molecule has 0 atom stereocenters. The summed E-state index contributed by atoms with van der Waals surface area (Å²) in [6.45, 7) is 0. The first kappa shape index (κ1) is 36.0. The normalized spacial score (nSPS) is 12.0. The zero-order valence-electron chi connectivity index (χ0n) is 35.5.